The fourth-order valence-electron chi connectivity index (χ4n) is 6.35. The van der Waals surface area contributed by atoms with Crippen LogP contribution < -0.4 is 21.5 Å². The van der Waals surface area contributed by atoms with Gasteiger partial charge in [-0.15, -0.1) is 0 Å². The van der Waals surface area contributed by atoms with Gasteiger partial charge in [-0.3, -0.25) is 37.6 Å². The Morgan fingerprint density at radius 3 is 2.00 bits per heavy atom. The van der Waals surface area contributed by atoms with Gasteiger partial charge in [0.15, 0.2) is 11.6 Å². The number of fused-ring (bicyclic) bond motifs is 2. The van der Waals surface area contributed by atoms with E-state index in [0.717, 1.165) is 22.8 Å². The Balaban J connectivity index is 1.60. The summed E-state index contributed by atoms with van der Waals surface area (Å²) in [5, 5.41) is 16.2. The third kappa shape index (κ3) is 7.82. The fraction of sp³-hybridized carbons (Fsp3) is 0.114. The van der Waals surface area contributed by atoms with Crippen molar-refractivity contribution in [3.05, 3.63) is 105 Å². The van der Waals surface area contributed by atoms with Crippen molar-refractivity contribution in [2.75, 3.05) is 23.7 Å². The average Bonchev–Trinajstić information content (AvgIpc) is 3.12. The molecule has 4 aromatic carbocycles. The van der Waals surface area contributed by atoms with Crippen LogP contribution in [0.1, 0.15) is 38.3 Å². The van der Waals surface area contributed by atoms with Crippen LogP contribution in [-0.4, -0.2) is 85.1 Å². The second kappa shape index (κ2) is 14.7. The lowest BCUT2D eigenvalue weighted by molar-refractivity contribution is -0.137. The lowest BCUT2D eigenvalue weighted by Gasteiger charge is -2.26. The zero-order chi connectivity index (χ0) is 41.8. The van der Waals surface area contributed by atoms with E-state index in [1.165, 1.54) is 55.6 Å². The Morgan fingerprint density at radius 1 is 0.719 bits per heavy atom. The van der Waals surface area contributed by atoms with E-state index in [1.807, 2.05) is 0 Å². The predicted octanol–water partition coefficient (Wildman–Crippen LogP) is 2.47. The van der Waals surface area contributed by atoms with E-state index in [4.69, 9.17) is 5.11 Å². The van der Waals surface area contributed by atoms with Crippen molar-refractivity contribution in [3.8, 4) is 11.1 Å². The predicted molar refractivity (Wildman–Crippen MR) is 201 cm³/mol. The number of hydrogen-bond acceptors (Lipinski definition) is 13. The molecule has 19 nitrogen and oxygen atoms in total. The molecule has 1 aliphatic carbocycles. The first kappa shape index (κ1) is 40.5. The molecule has 1 amide bonds. The molecule has 0 bridgehead atoms. The van der Waals surface area contributed by atoms with Crippen molar-refractivity contribution in [1.82, 2.24) is 9.88 Å². The maximum Gasteiger partial charge on any atom is 0.304 e. The van der Waals surface area contributed by atoms with Gasteiger partial charge in [-0.2, -0.15) is 25.3 Å². The molecule has 1 aromatic heterocycles. The summed E-state index contributed by atoms with van der Waals surface area (Å²) >= 11 is 0. The van der Waals surface area contributed by atoms with Crippen molar-refractivity contribution in [3.63, 3.8) is 0 Å². The molecule has 0 saturated carbocycles. The van der Waals surface area contributed by atoms with Crippen molar-refractivity contribution >= 4 is 81.8 Å². The van der Waals surface area contributed by atoms with E-state index in [9.17, 15) is 62.9 Å². The average molecular weight is 841 g/mol. The second-order valence-corrected chi connectivity index (χ2v) is 16.7. The van der Waals surface area contributed by atoms with E-state index in [0.29, 0.717) is 6.07 Å². The van der Waals surface area contributed by atoms with Crippen LogP contribution >= 0.6 is 0 Å². The molecule has 0 atom stereocenters. The number of carboxylic acid groups (broad SMARTS) is 1. The highest BCUT2D eigenvalue weighted by atomic mass is 32.2. The summed E-state index contributed by atoms with van der Waals surface area (Å²) in [6.45, 7) is -0.728. The molecule has 57 heavy (non-hydrogen) atoms. The molecular formula is C35H28N4O15S3. The molecule has 0 saturated heterocycles. The molecule has 0 fully saturated rings. The van der Waals surface area contributed by atoms with Crippen LogP contribution in [-0.2, 0) is 47.0 Å². The number of anilines is 3. The molecular weight excluding hydrogens is 813 g/mol. The van der Waals surface area contributed by atoms with E-state index in [-0.39, 0.29) is 57.4 Å². The van der Waals surface area contributed by atoms with Crippen LogP contribution in [0.25, 0.3) is 22.0 Å². The van der Waals surface area contributed by atoms with Gasteiger partial charge < -0.3 is 25.6 Å². The van der Waals surface area contributed by atoms with Gasteiger partial charge in [-0.1, -0.05) is 36.4 Å². The second-order valence-electron chi connectivity index (χ2n) is 12.5. The Bertz CT molecular complexity index is 3010. The molecule has 0 unspecified atom stereocenters. The lowest BCUT2D eigenvalue weighted by atomic mass is 9.80. The van der Waals surface area contributed by atoms with Crippen LogP contribution in [0.3, 0.4) is 0 Å². The largest absolute Gasteiger partial charge is 0.481 e. The topological polar surface area (TPSA) is 310 Å². The van der Waals surface area contributed by atoms with Crippen LogP contribution in [0.4, 0.5) is 17.1 Å². The van der Waals surface area contributed by atoms with Gasteiger partial charge in [0, 0.05) is 35.7 Å². The number of nitrogens with zero attached hydrogens (tertiary/aromatic N) is 1. The normalized spacial score (nSPS) is 12.6. The Kier molecular flexibility index (Phi) is 10.5. The molecule has 6 rings (SSSR count). The Labute approximate surface area is 322 Å². The zero-order valence-electron chi connectivity index (χ0n) is 29.0. The van der Waals surface area contributed by atoms with Gasteiger partial charge >= 0.3 is 5.97 Å². The van der Waals surface area contributed by atoms with Gasteiger partial charge in [0.05, 0.1) is 51.6 Å². The quantitative estimate of drug-likeness (QED) is 0.0499. The first-order valence-electron chi connectivity index (χ1n) is 16.2. The van der Waals surface area contributed by atoms with Crippen molar-refractivity contribution < 1.29 is 63.2 Å². The summed E-state index contributed by atoms with van der Waals surface area (Å²) in [4.78, 5) is 63.2. The number of ketones is 2. The van der Waals surface area contributed by atoms with Gasteiger partial charge in [0.2, 0.25) is 5.91 Å². The molecule has 7 N–H and O–H groups in total. The summed E-state index contributed by atoms with van der Waals surface area (Å²) in [7, 11) is -14.1. The number of pyridine rings is 1. The number of carbonyl (C=O) groups is 4. The molecule has 1 heterocycles. The molecule has 5 aromatic rings. The van der Waals surface area contributed by atoms with E-state index < -0.39 is 97.5 Å². The Morgan fingerprint density at radius 2 is 1.37 bits per heavy atom. The standard InChI is InChI=1S/C35H28N4O15S3/c1-39-24-10-9-21(37-22-14-23(38-27(40)16-36-12-11-28(41)42)26(57(52,53)54)15-25(22)56(49,50)51)30-31(24)29(19-7-2-3-8-20(19)34(30)44)32(35(39)45)33(43)17-5-4-6-18(13-17)55(46,47)48/h2-10,13-15,36-37H,11-12,16H2,1H3,(H,38,40)(H,41,42)(H,46,47,48)(H,49,50,51)(H,52,53,54). The van der Waals surface area contributed by atoms with E-state index in [1.54, 1.807) is 0 Å². The van der Waals surface area contributed by atoms with Crippen molar-refractivity contribution in [2.24, 2.45) is 7.05 Å². The number of hydrogen-bond donors (Lipinski definition) is 7. The summed E-state index contributed by atoms with van der Waals surface area (Å²) in [5.41, 5.74) is -3.35. The third-order valence-electron chi connectivity index (χ3n) is 8.83. The smallest absolute Gasteiger partial charge is 0.304 e. The number of carboxylic acids is 1. The van der Waals surface area contributed by atoms with Crippen LogP contribution in [0, 0.1) is 0 Å². The summed E-state index contributed by atoms with van der Waals surface area (Å²) in [5.74, 6) is -3.84. The number of aromatic nitrogens is 1. The number of aliphatic carboxylic acids is 1. The number of aryl methyl sites for hydroxylation is 1. The number of rotatable bonds is 13. The van der Waals surface area contributed by atoms with Crippen molar-refractivity contribution in [1.29, 1.82) is 0 Å². The maximum atomic E-state index is 14.4. The first-order valence-corrected chi connectivity index (χ1v) is 20.5. The van der Waals surface area contributed by atoms with Gasteiger partial charge in [-0.25, -0.2) is 0 Å². The molecule has 22 heteroatoms. The number of nitrogens with one attached hydrogen (secondary N) is 3. The molecule has 1 aliphatic rings. The lowest BCUT2D eigenvalue weighted by Crippen LogP contribution is -2.30. The van der Waals surface area contributed by atoms with Crippen LogP contribution in [0.15, 0.2) is 92.3 Å². The highest BCUT2D eigenvalue weighted by Gasteiger charge is 2.35. The zero-order valence-corrected chi connectivity index (χ0v) is 31.5. The maximum absolute atomic E-state index is 14.4. The number of amides is 1. The summed E-state index contributed by atoms with van der Waals surface area (Å²) in [6, 6.07) is 13.8. The molecule has 0 radical (unpaired) electrons. The monoisotopic (exact) mass is 840 g/mol. The highest BCUT2D eigenvalue weighted by Crippen LogP contribution is 2.45. The molecule has 0 aliphatic heterocycles. The first-order chi connectivity index (χ1) is 26.6. The third-order valence-corrected chi connectivity index (χ3v) is 11.5. The number of carbonyl (C=O) groups excluding carboxylic acids is 3. The van der Waals surface area contributed by atoms with Gasteiger partial charge in [-0.05, 0) is 42.0 Å². The Hall–Kier alpha value is -6.14. The summed E-state index contributed by atoms with van der Waals surface area (Å²) in [6.07, 6.45) is -0.370. The van der Waals surface area contributed by atoms with Gasteiger partial charge in [0.1, 0.15) is 9.79 Å². The SMILES string of the molecule is Cn1c(=O)c(C(=O)c2cccc(S(=O)(=O)O)c2)c2c3c(c(Nc4cc(NC(=O)CNCCC(=O)O)c(S(=O)(=O)O)cc4S(=O)(=O)O)ccc31)C(=O)c1ccccc1-2. The molecule has 296 valence electrons. The summed E-state index contributed by atoms with van der Waals surface area (Å²) < 4.78 is 105. The molecule has 0 spiro atoms. The van der Waals surface area contributed by atoms with E-state index >= 15 is 0 Å². The minimum atomic E-state index is -5.36. The fourth-order valence-corrected chi connectivity index (χ4v) is 8.26. The minimum absolute atomic E-state index is 0.0102. The minimum Gasteiger partial charge on any atom is -0.481 e. The number of benzene rings is 4. The van der Waals surface area contributed by atoms with Crippen LogP contribution in [0.2, 0.25) is 0 Å². The van der Waals surface area contributed by atoms with Crippen LogP contribution in [0.5, 0.6) is 0 Å². The van der Waals surface area contributed by atoms with E-state index in [2.05, 4.69) is 16.0 Å². The van der Waals surface area contributed by atoms with Gasteiger partial charge in [0.25, 0.3) is 35.9 Å². The van der Waals surface area contributed by atoms with Crippen molar-refractivity contribution in [2.45, 2.75) is 21.1 Å². The highest BCUT2D eigenvalue weighted by molar-refractivity contribution is 7.87.